The van der Waals surface area contributed by atoms with Crippen LogP contribution in [0.1, 0.15) is 35.3 Å². The molecule has 1 aromatic heterocycles. The number of H-pyrrole nitrogens is 1. The zero-order valence-electron chi connectivity index (χ0n) is 15.6. The summed E-state index contributed by atoms with van der Waals surface area (Å²) in [7, 11) is 1.69. The van der Waals surface area contributed by atoms with E-state index >= 15 is 0 Å². The van der Waals surface area contributed by atoms with Crippen LogP contribution in [0.5, 0.6) is 5.75 Å². The third-order valence-corrected chi connectivity index (χ3v) is 5.57. The minimum Gasteiger partial charge on any atom is -0.497 e. The Morgan fingerprint density at radius 3 is 2.63 bits per heavy atom. The average molecular weight is 363 g/mol. The molecule has 1 N–H and O–H groups in total. The molecule has 1 fully saturated rings. The Bertz CT molecular complexity index is 909. The molecule has 0 atom stereocenters. The first-order chi connectivity index (χ1) is 13.2. The molecule has 2 heterocycles. The highest BCUT2D eigenvalue weighted by atomic mass is 16.5. The van der Waals surface area contributed by atoms with Crippen LogP contribution in [0.3, 0.4) is 0 Å². The van der Waals surface area contributed by atoms with Gasteiger partial charge < -0.3 is 9.64 Å². The zero-order chi connectivity index (χ0) is 18.6. The minimum absolute atomic E-state index is 0.0426. The fourth-order valence-corrected chi connectivity index (χ4v) is 3.86. The van der Waals surface area contributed by atoms with Gasteiger partial charge in [-0.1, -0.05) is 30.3 Å². The predicted molar refractivity (Wildman–Crippen MR) is 106 cm³/mol. The van der Waals surface area contributed by atoms with Crippen LogP contribution in [0.2, 0.25) is 0 Å². The Kier molecular flexibility index (Phi) is 5.10. The van der Waals surface area contributed by atoms with Crippen LogP contribution in [0, 0.1) is 5.92 Å². The highest BCUT2D eigenvalue weighted by Crippen LogP contribution is 2.25. The molecule has 2 aromatic carbocycles. The van der Waals surface area contributed by atoms with Gasteiger partial charge in [-0.3, -0.25) is 9.89 Å². The minimum atomic E-state index is 0.0426. The Morgan fingerprint density at radius 1 is 1.15 bits per heavy atom. The van der Waals surface area contributed by atoms with Crippen molar-refractivity contribution in [2.75, 3.05) is 20.2 Å². The number of rotatable bonds is 5. The lowest BCUT2D eigenvalue weighted by Crippen LogP contribution is -2.38. The number of methoxy groups -OCH3 is 1. The predicted octanol–water partition coefficient (Wildman–Crippen LogP) is 4.06. The molecule has 0 spiro atoms. The van der Waals surface area contributed by atoms with Gasteiger partial charge in [-0.25, -0.2) is 0 Å². The summed E-state index contributed by atoms with van der Waals surface area (Å²) in [6.45, 7) is 1.63. The number of fused-ring (bicyclic) bond motifs is 1. The second kappa shape index (κ2) is 7.82. The summed E-state index contributed by atoms with van der Waals surface area (Å²) in [6.07, 6.45) is 4.36. The number of carbonyl (C=O) groups excluding carboxylic acids is 1. The highest BCUT2D eigenvalue weighted by molar-refractivity contribution is 6.04. The van der Waals surface area contributed by atoms with Crippen molar-refractivity contribution in [3.05, 3.63) is 59.8 Å². The number of likely N-dealkylation sites (tertiary alicyclic amines) is 1. The van der Waals surface area contributed by atoms with Crippen molar-refractivity contribution < 1.29 is 9.53 Å². The number of aryl methyl sites for hydroxylation is 1. The van der Waals surface area contributed by atoms with E-state index in [4.69, 9.17) is 4.74 Å². The van der Waals surface area contributed by atoms with E-state index < -0.39 is 0 Å². The van der Waals surface area contributed by atoms with Crippen molar-refractivity contribution in [3.8, 4) is 5.75 Å². The van der Waals surface area contributed by atoms with Crippen LogP contribution in [0.15, 0.2) is 48.5 Å². The molecule has 1 amide bonds. The van der Waals surface area contributed by atoms with Gasteiger partial charge in [0.05, 0.1) is 12.6 Å². The lowest BCUT2D eigenvalue weighted by molar-refractivity contribution is 0.0683. The van der Waals surface area contributed by atoms with Crippen LogP contribution in [-0.2, 0) is 6.42 Å². The fraction of sp³-hybridized carbons (Fsp3) is 0.364. The van der Waals surface area contributed by atoms with Crippen molar-refractivity contribution >= 4 is 16.8 Å². The molecule has 1 saturated heterocycles. The van der Waals surface area contributed by atoms with Crippen LogP contribution >= 0.6 is 0 Å². The van der Waals surface area contributed by atoms with E-state index in [9.17, 15) is 4.79 Å². The third kappa shape index (κ3) is 3.82. The number of nitrogens with one attached hydrogen (secondary N) is 1. The highest BCUT2D eigenvalue weighted by Gasteiger charge is 2.26. The second-order valence-corrected chi connectivity index (χ2v) is 7.24. The summed E-state index contributed by atoms with van der Waals surface area (Å²) in [5.41, 5.74) is 2.80. The summed E-state index contributed by atoms with van der Waals surface area (Å²) in [4.78, 5) is 14.8. The number of benzene rings is 2. The number of hydrogen-bond acceptors (Lipinski definition) is 3. The number of nitrogens with zero attached hydrogens (tertiary/aromatic N) is 2. The van der Waals surface area contributed by atoms with Gasteiger partial charge in [0.25, 0.3) is 5.91 Å². The van der Waals surface area contributed by atoms with E-state index in [0.29, 0.717) is 11.6 Å². The molecule has 140 valence electrons. The molecule has 0 unspecified atom stereocenters. The number of amides is 1. The number of ether oxygens (including phenoxy) is 1. The lowest BCUT2D eigenvalue weighted by Gasteiger charge is -2.31. The molecule has 0 radical (unpaired) electrons. The van der Waals surface area contributed by atoms with Crippen LogP contribution < -0.4 is 4.74 Å². The van der Waals surface area contributed by atoms with Gasteiger partial charge in [-0.05, 0) is 55.4 Å². The molecule has 0 bridgehead atoms. The number of hydrogen-bond donors (Lipinski definition) is 1. The molecule has 1 aliphatic rings. The second-order valence-electron chi connectivity index (χ2n) is 7.24. The van der Waals surface area contributed by atoms with Gasteiger partial charge in [0.2, 0.25) is 0 Å². The number of piperidine rings is 1. The van der Waals surface area contributed by atoms with Crippen molar-refractivity contribution in [1.29, 1.82) is 0 Å². The number of aromatic nitrogens is 2. The van der Waals surface area contributed by atoms with Gasteiger partial charge in [-0.15, -0.1) is 0 Å². The standard InChI is InChI=1S/C22H25N3O2/c1-27-18-10-8-16(9-11-18)6-7-17-12-14-25(15-13-17)22(26)21-19-4-2-3-5-20(19)23-24-21/h2-5,8-11,17H,6-7,12-15H2,1H3,(H,23,24). The van der Waals surface area contributed by atoms with Gasteiger partial charge >= 0.3 is 0 Å². The number of para-hydroxylation sites is 1. The Labute approximate surface area is 159 Å². The summed E-state index contributed by atoms with van der Waals surface area (Å²) >= 11 is 0. The molecule has 1 aliphatic heterocycles. The zero-order valence-corrected chi connectivity index (χ0v) is 15.6. The van der Waals surface area contributed by atoms with E-state index in [-0.39, 0.29) is 5.91 Å². The Hall–Kier alpha value is -2.82. The lowest BCUT2D eigenvalue weighted by atomic mass is 9.90. The summed E-state index contributed by atoms with van der Waals surface area (Å²) in [5.74, 6) is 1.62. The van der Waals surface area contributed by atoms with Crippen LogP contribution in [-0.4, -0.2) is 41.2 Å². The Balaban J connectivity index is 1.31. The maximum Gasteiger partial charge on any atom is 0.274 e. The fourth-order valence-electron chi connectivity index (χ4n) is 3.86. The smallest absolute Gasteiger partial charge is 0.274 e. The van der Waals surface area contributed by atoms with Crippen LogP contribution in [0.4, 0.5) is 0 Å². The van der Waals surface area contributed by atoms with Gasteiger partial charge in [0.15, 0.2) is 5.69 Å². The summed E-state index contributed by atoms with van der Waals surface area (Å²) in [5, 5.41) is 8.12. The molecule has 4 rings (SSSR count). The number of carbonyl (C=O) groups is 1. The normalized spacial score (nSPS) is 15.2. The van der Waals surface area contributed by atoms with Crippen LogP contribution in [0.25, 0.3) is 10.9 Å². The van der Waals surface area contributed by atoms with Gasteiger partial charge in [0.1, 0.15) is 5.75 Å². The Morgan fingerprint density at radius 2 is 1.89 bits per heavy atom. The maximum atomic E-state index is 12.9. The quantitative estimate of drug-likeness (QED) is 0.744. The largest absolute Gasteiger partial charge is 0.497 e. The summed E-state index contributed by atoms with van der Waals surface area (Å²) in [6, 6.07) is 16.1. The first-order valence-corrected chi connectivity index (χ1v) is 9.60. The van der Waals surface area contributed by atoms with Crippen molar-refractivity contribution in [2.45, 2.75) is 25.7 Å². The molecule has 0 aliphatic carbocycles. The van der Waals surface area contributed by atoms with E-state index in [1.54, 1.807) is 7.11 Å². The topological polar surface area (TPSA) is 58.2 Å². The van der Waals surface area contributed by atoms with E-state index in [1.165, 1.54) is 12.0 Å². The molecule has 0 saturated carbocycles. The first kappa shape index (κ1) is 17.6. The first-order valence-electron chi connectivity index (χ1n) is 9.60. The third-order valence-electron chi connectivity index (χ3n) is 5.57. The summed E-state index contributed by atoms with van der Waals surface area (Å²) < 4.78 is 5.21. The molecule has 3 aromatic rings. The molecule has 27 heavy (non-hydrogen) atoms. The molecule has 5 nitrogen and oxygen atoms in total. The van der Waals surface area contributed by atoms with E-state index in [2.05, 4.69) is 22.3 Å². The van der Waals surface area contributed by atoms with Crippen molar-refractivity contribution in [1.82, 2.24) is 15.1 Å². The van der Waals surface area contributed by atoms with Gasteiger partial charge in [0, 0.05) is 18.5 Å². The van der Waals surface area contributed by atoms with Crippen molar-refractivity contribution in [2.24, 2.45) is 5.92 Å². The maximum absolute atomic E-state index is 12.9. The number of aromatic amines is 1. The molecular weight excluding hydrogens is 338 g/mol. The molecular formula is C22H25N3O2. The van der Waals surface area contributed by atoms with Crippen molar-refractivity contribution in [3.63, 3.8) is 0 Å². The SMILES string of the molecule is COc1ccc(CCC2CCN(C(=O)c3n[nH]c4ccccc34)CC2)cc1. The van der Waals surface area contributed by atoms with Gasteiger partial charge in [-0.2, -0.15) is 5.10 Å². The molecule has 5 heteroatoms. The average Bonchev–Trinajstić information content (AvgIpc) is 3.16. The van der Waals surface area contributed by atoms with E-state index in [0.717, 1.165) is 49.0 Å². The van der Waals surface area contributed by atoms with E-state index in [1.807, 2.05) is 41.3 Å². The monoisotopic (exact) mass is 363 g/mol.